The number of carbonyl (C=O) groups excluding carboxylic acids is 2. The van der Waals surface area contributed by atoms with Crippen molar-refractivity contribution in [1.29, 1.82) is 0 Å². The summed E-state index contributed by atoms with van der Waals surface area (Å²) < 4.78 is 17.6. The van der Waals surface area contributed by atoms with Gasteiger partial charge in [-0.1, -0.05) is 12.1 Å². The molecule has 0 bridgehead atoms. The van der Waals surface area contributed by atoms with Crippen molar-refractivity contribution in [3.05, 3.63) is 30.1 Å². The number of esters is 1. The van der Waals surface area contributed by atoms with Gasteiger partial charge in [0.15, 0.2) is 6.61 Å². The average Bonchev–Trinajstić information content (AvgIpc) is 2.25. The van der Waals surface area contributed by atoms with Crippen LogP contribution in [0.3, 0.4) is 0 Å². The number of benzene rings is 1. The molecule has 0 spiro atoms. The Bertz CT molecular complexity index is 397. The lowest BCUT2D eigenvalue weighted by Crippen LogP contribution is -2.21. The molecule has 16 heavy (non-hydrogen) atoms. The van der Waals surface area contributed by atoms with E-state index in [1.807, 2.05) is 0 Å². The van der Waals surface area contributed by atoms with Crippen LogP contribution in [0.15, 0.2) is 29.2 Å². The van der Waals surface area contributed by atoms with E-state index in [1.165, 1.54) is 6.07 Å². The largest absolute Gasteiger partial charge is 0.455 e. The number of ether oxygens (including phenoxy) is 1. The standard InChI is InChI=1S/C10H10FNO3S/c11-7-3-1-2-4-8(7)16-6-10(14)15-5-9(12)13/h1-4H,5-6H2,(H2,12,13). The third kappa shape index (κ3) is 4.31. The van der Waals surface area contributed by atoms with Gasteiger partial charge in [0.1, 0.15) is 5.82 Å². The van der Waals surface area contributed by atoms with Gasteiger partial charge in [-0.15, -0.1) is 11.8 Å². The number of rotatable bonds is 5. The normalized spacial score (nSPS) is 9.81. The third-order valence-corrected chi connectivity index (χ3v) is 2.58. The highest BCUT2D eigenvalue weighted by molar-refractivity contribution is 8.00. The number of carbonyl (C=O) groups is 2. The summed E-state index contributed by atoms with van der Waals surface area (Å²) in [5.41, 5.74) is 4.79. The highest BCUT2D eigenvalue weighted by Gasteiger charge is 2.08. The molecular formula is C10H10FNO3S. The molecule has 0 saturated carbocycles. The van der Waals surface area contributed by atoms with Crippen LogP contribution in [0, 0.1) is 5.82 Å². The van der Waals surface area contributed by atoms with Crippen molar-refractivity contribution >= 4 is 23.6 Å². The SMILES string of the molecule is NC(=O)COC(=O)CSc1ccccc1F. The fourth-order valence-corrected chi connectivity index (χ4v) is 1.63. The number of hydrogen-bond acceptors (Lipinski definition) is 4. The lowest BCUT2D eigenvalue weighted by Gasteiger charge is -2.03. The van der Waals surface area contributed by atoms with Crippen molar-refractivity contribution in [3.63, 3.8) is 0 Å². The van der Waals surface area contributed by atoms with E-state index >= 15 is 0 Å². The molecule has 1 aromatic rings. The third-order valence-electron chi connectivity index (χ3n) is 1.56. The van der Waals surface area contributed by atoms with E-state index in [0.29, 0.717) is 4.90 Å². The first-order valence-electron chi connectivity index (χ1n) is 4.41. The molecule has 0 aliphatic carbocycles. The first kappa shape index (κ1) is 12.5. The van der Waals surface area contributed by atoms with Crippen molar-refractivity contribution in [2.24, 2.45) is 5.73 Å². The summed E-state index contributed by atoms with van der Waals surface area (Å²) in [6.07, 6.45) is 0. The molecule has 0 saturated heterocycles. The van der Waals surface area contributed by atoms with Crippen LogP contribution in [0.5, 0.6) is 0 Å². The molecule has 6 heteroatoms. The van der Waals surface area contributed by atoms with Gasteiger partial charge in [-0.25, -0.2) is 4.39 Å². The zero-order chi connectivity index (χ0) is 12.0. The molecule has 0 heterocycles. The van der Waals surface area contributed by atoms with Gasteiger partial charge in [-0.05, 0) is 12.1 Å². The summed E-state index contributed by atoms with van der Waals surface area (Å²) >= 11 is 1.01. The second-order valence-electron chi connectivity index (χ2n) is 2.85. The van der Waals surface area contributed by atoms with Crippen LogP contribution in [-0.4, -0.2) is 24.2 Å². The van der Waals surface area contributed by atoms with E-state index < -0.39 is 24.3 Å². The van der Waals surface area contributed by atoms with Gasteiger partial charge in [0, 0.05) is 4.90 Å². The average molecular weight is 243 g/mol. The minimum Gasteiger partial charge on any atom is -0.455 e. The molecule has 0 aromatic heterocycles. The Hall–Kier alpha value is -1.56. The van der Waals surface area contributed by atoms with E-state index in [4.69, 9.17) is 5.73 Å². The van der Waals surface area contributed by atoms with Crippen LogP contribution in [-0.2, 0) is 14.3 Å². The van der Waals surface area contributed by atoms with Crippen molar-refractivity contribution < 1.29 is 18.7 Å². The van der Waals surface area contributed by atoms with Gasteiger partial charge in [-0.2, -0.15) is 0 Å². The smallest absolute Gasteiger partial charge is 0.316 e. The minimum atomic E-state index is -0.718. The molecule has 0 aliphatic rings. The van der Waals surface area contributed by atoms with Gasteiger partial charge in [-0.3, -0.25) is 9.59 Å². The number of halogens is 1. The fourth-order valence-electron chi connectivity index (χ4n) is 0.892. The highest BCUT2D eigenvalue weighted by atomic mass is 32.2. The van der Waals surface area contributed by atoms with Crippen LogP contribution in [0.4, 0.5) is 4.39 Å². The zero-order valence-electron chi connectivity index (χ0n) is 8.31. The molecule has 0 atom stereocenters. The van der Waals surface area contributed by atoms with Crippen LogP contribution in [0.2, 0.25) is 0 Å². The fraction of sp³-hybridized carbons (Fsp3) is 0.200. The summed E-state index contributed by atoms with van der Waals surface area (Å²) in [5, 5.41) is 0. The molecule has 0 radical (unpaired) electrons. The van der Waals surface area contributed by atoms with Crippen molar-refractivity contribution in [2.75, 3.05) is 12.4 Å². The number of thioether (sulfide) groups is 1. The first-order chi connectivity index (χ1) is 7.59. The maximum atomic E-state index is 13.1. The van der Waals surface area contributed by atoms with E-state index in [2.05, 4.69) is 4.74 Å². The molecule has 0 aliphatic heterocycles. The van der Waals surface area contributed by atoms with Gasteiger partial charge in [0.25, 0.3) is 5.91 Å². The second kappa shape index (κ2) is 6.12. The van der Waals surface area contributed by atoms with Crippen molar-refractivity contribution in [1.82, 2.24) is 0 Å². The molecule has 1 amide bonds. The lowest BCUT2D eigenvalue weighted by molar-refractivity contribution is -0.145. The van der Waals surface area contributed by atoms with E-state index in [-0.39, 0.29) is 5.75 Å². The van der Waals surface area contributed by atoms with Gasteiger partial charge in [0.05, 0.1) is 5.75 Å². The van der Waals surface area contributed by atoms with Crippen LogP contribution < -0.4 is 5.73 Å². The Morgan fingerprint density at radius 2 is 2.06 bits per heavy atom. The van der Waals surface area contributed by atoms with Crippen LogP contribution in [0.1, 0.15) is 0 Å². The first-order valence-corrected chi connectivity index (χ1v) is 5.39. The molecule has 0 unspecified atom stereocenters. The number of amides is 1. The minimum absolute atomic E-state index is 0.0613. The lowest BCUT2D eigenvalue weighted by atomic mass is 10.3. The summed E-state index contributed by atoms with van der Waals surface area (Å²) in [6.45, 7) is -0.448. The van der Waals surface area contributed by atoms with Crippen molar-refractivity contribution in [3.8, 4) is 0 Å². The maximum absolute atomic E-state index is 13.1. The maximum Gasteiger partial charge on any atom is 0.316 e. The highest BCUT2D eigenvalue weighted by Crippen LogP contribution is 2.20. The molecule has 1 rings (SSSR count). The Kier molecular flexibility index (Phi) is 4.78. The molecule has 0 fully saturated rings. The molecular weight excluding hydrogens is 233 g/mol. The Morgan fingerprint density at radius 3 is 2.69 bits per heavy atom. The predicted octanol–water partition coefficient (Wildman–Crippen LogP) is 0.946. The Balaban J connectivity index is 2.37. The monoisotopic (exact) mass is 243 g/mol. The van der Waals surface area contributed by atoms with Crippen LogP contribution in [0.25, 0.3) is 0 Å². The van der Waals surface area contributed by atoms with Gasteiger partial charge in [0.2, 0.25) is 0 Å². The van der Waals surface area contributed by atoms with E-state index in [1.54, 1.807) is 18.2 Å². The van der Waals surface area contributed by atoms with Crippen molar-refractivity contribution in [2.45, 2.75) is 4.90 Å². The Labute approximate surface area is 96.0 Å². The molecule has 2 N–H and O–H groups in total. The summed E-state index contributed by atoms with van der Waals surface area (Å²) in [7, 11) is 0. The van der Waals surface area contributed by atoms with Crippen LogP contribution >= 0.6 is 11.8 Å². The number of nitrogens with two attached hydrogens (primary N) is 1. The zero-order valence-corrected chi connectivity index (χ0v) is 9.13. The van der Waals surface area contributed by atoms with E-state index in [9.17, 15) is 14.0 Å². The van der Waals surface area contributed by atoms with Gasteiger partial charge < -0.3 is 10.5 Å². The number of hydrogen-bond donors (Lipinski definition) is 1. The number of primary amides is 1. The Morgan fingerprint density at radius 1 is 1.38 bits per heavy atom. The summed E-state index contributed by atoms with van der Waals surface area (Å²) in [5.74, 6) is -1.78. The molecule has 1 aromatic carbocycles. The molecule has 86 valence electrons. The predicted molar refractivity (Wildman–Crippen MR) is 57.3 cm³/mol. The van der Waals surface area contributed by atoms with Gasteiger partial charge >= 0.3 is 5.97 Å². The summed E-state index contributed by atoms with van der Waals surface area (Å²) in [4.78, 5) is 21.7. The van der Waals surface area contributed by atoms with E-state index in [0.717, 1.165) is 11.8 Å². The molecule has 4 nitrogen and oxygen atoms in total. The quantitative estimate of drug-likeness (QED) is 0.617. The topological polar surface area (TPSA) is 69.4 Å². The second-order valence-corrected chi connectivity index (χ2v) is 3.86. The summed E-state index contributed by atoms with van der Waals surface area (Å²) in [6, 6.07) is 6.09.